The number of hydrogen-bond donors (Lipinski definition) is 0. The molecule has 1 aromatic carbocycles. The van der Waals surface area contributed by atoms with E-state index in [9.17, 15) is 21.6 Å². The summed E-state index contributed by atoms with van der Waals surface area (Å²) < 4.78 is 53.2. The van der Waals surface area contributed by atoms with Gasteiger partial charge < -0.3 is 9.80 Å². The summed E-state index contributed by atoms with van der Waals surface area (Å²) in [5.41, 5.74) is 1.11. The van der Waals surface area contributed by atoms with E-state index in [2.05, 4.69) is 4.90 Å². The van der Waals surface area contributed by atoms with Gasteiger partial charge in [-0.1, -0.05) is 13.8 Å². The summed E-state index contributed by atoms with van der Waals surface area (Å²) in [6.45, 7) is 8.59. The number of carbonyl (C=O) groups is 1. The number of hydrogen-bond acceptors (Lipinski definition) is 6. The Labute approximate surface area is 192 Å². The second kappa shape index (κ2) is 10.1. The quantitative estimate of drug-likeness (QED) is 0.551. The van der Waals surface area contributed by atoms with Crippen LogP contribution >= 0.6 is 0 Å². The van der Waals surface area contributed by atoms with Crippen LogP contribution in [0.4, 0.5) is 5.69 Å². The number of sulfonamides is 2. The van der Waals surface area contributed by atoms with Gasteiger partial charge in [-0.05, 0) is 38.0 Å². The molecule has 180 valence electrons. The molecule has 0 aliphatic carbocycles. The van der Waals surface area contributed by atoms with Crippen LogP contribution < -0.4 is 4.90 Å². The van der Waals surface area contributed by atoms with Crippen molar-refractivity contribution in [1.82, 2.24) is 13.5 Å². The molecule has 0 N–H and O–H groups in total. The van der Waals surface area contributed by atoms with Crippen LogP contribution in [-0.4, -0.2) is 94.4 Å². The molecule has 0 unspecified atom stereocenters. The minimum atomic E-state index is -3.70. The molecule has 2 aliphatic rings. The molecule has 9 nitrogen and oxygen atoms in total. The maximum absolute atomic E-state index is 13.5. The summed E-state index contributed by atoms with van der Waals surface area (Å²) in [6.07, 6.45) is 2.06. The number of piperazine rings is 1. The van der Waals surface area contributed by atoms with Gasteiger partial charge in [-0.15, -0.1) is 0 Å². The number of nitrogens with zero attached hydrogens (tertiary/aromatic N) is 4. The fraction of sp³-hybridized carbons (Fsp3) is 0.667. The van der Waals surface area contributed by atoms with E-state index in [-0.39, 0.29) is 42.7 Å². The van der Waals surface area contributed by atoms with Crippen LogP contribution in [0, 0.1) is 0 Å². The van der Waals surface area contributed by atoms with E-state index in [1.807, 2.05) is 0 Å². The molecular weight excluding hydrogens is 452 g/mol. The van der Waals surface area contributed by atoms with Crippen LogP contribution in [0.2, 0.25) is 0 Å². The standard InChI is InChI=1S/C21H34N4O5S2/c1-4-24(5-2)32(29,30)18-9-10-20(22-11-7-8-12-22)19(17-18)21(26)23-13-15-25(16-14-23)31(27,28)6-3/h9-10,17H,4-8,11-16H2,1-3H3. The zero-order chi connectivity index (χ0) is 23.5. The van der Waals surface area contributed by atoms with E-state index in [1.54, 1.807) is 37.8 Å². The van der Waals surface area contributed by atoms with Gasteiger partial charge >= 0.3 is 0 Å². The Balaban J connectivity index is 1.93. The van der Waals surface area contributed by atoms with Crippen LogP contribution in [0.15, 0.2) is 23.1 Å². The summed E-state index contributed by atoms with van der Waals surface area (Å²) in [5, 5.41) is 0. The van der Waals surface area contributed by atoms with E-state index in [1.165, 1.54) is 14.7 Å². The lowest BCUT2D eigenvalue weighted by molar-refractivity contribution is 0.0698. The first-order chi connectivity index (χ1) is 15.2. The summed E-state index contributed by atoms with van der Waals surface area (Å²) in [6, 6.07) is 4.83. The largest absolute Gasteiger partial charge is 0.371 e. The van der Waals surface area contributed by atoms with Crippen molar-refractivity contribution in [3.63, 3.8) is 0 Å². The predicted molar refractivity (Wildman–Crippen MR) is 125 cm³/mol. The third-order valence-electron chi connectivity index (χ3n) is 6.27. The summed E-state index contributed by atoms with van der Waals surface area (Å²) >= 11 is 0. The first-order valence-corrected chi connectivity index (χ1v) is 14.4. The maximum Gasteiger partial charge on any atom is 0.256 e. The first-order valence-electron chi connectivity index (χ1n) is 11.3. The molecule has 2 aliphatic heterocycles. The molecule has 3 rings (SSSR count). The van der Waals surface area contributed by atoms with Gasteiger partial charge in [0.15, 0.2) is 0 Å². The van der Waals surface area contributed by atoms with Gasteiger partial charge in [0.25, 0.3) is 5.91 Å². The van der Waals surface area contributed by atoms with Gasteiger partial charge in [0.1, 0.15) is 0 Å². The highest BCUT2D eigenvalue weighted by Gasteiger charge is 2.31. The van der Waals surface area contributed by atoms with Crippen molar-refractivity contribution < 1.29 is 21.6 Å². The third-order valence-corrected chi connectivity index (χ3v) is 10.2. The SMILES string of the molecule is CCN(CC)S(=O)(=O)c1ccc(N2CCCC2)c(C(=O)N2CCN(S(=O)(=O)CC)CC2)c1. The van der Waals surface area contributed by atoms with Gasteiger partial charge in [0, 0.05) is 58.0 Å². The van der Waals surface area contributed by atoms with Gasteiger partial charge in [0.05, 0.1) is 16.2 Å². The van der Waals surface area contributed by atoms with Crippen molar-refractivity contribution in [2.75, 3.05) is 63.0 Å². The molecule has 1 amide bonds. The van der Waals surface area contributed by atoms with E-state index in [0.717, 1.165) is 31.6 Å². The lowest BCUT2D eigenvalue weighted by Gasteiger charge is -2.34. The Morgan fingerprint density at radius 2 is 1.50 bits per heavy atom. The maximum atomic E-state index is 13.5. The number of anilines is 1. The molecule has 2 heterocycles. The minimum Gasteiger partial charge on any atom is -0.371 e. The smallest absolute Gasteiger partial charge is 0.256 e. The molecule has 2 fully saturated rings. The van der Waals surface area contributed by atoms with Crippen molar-refractivity contribution in [3.8, 4) is 0 Å². The highest BCUT2D eigenvalue weighted by atomic mass is 32.2. The molecular formula is C21H34N4O5S2. The molecule has 0 spiro atoms. The third kappa shape index (κ3) is 4.95. The average Bonchev–Trinajstić information content (AvgIpc) is 3.33. The van der Waals surface area contributed by atoms with Crippen LogP contribution in [0.5, 0.6) is 0 Å². The second-order valence-electron chi connectivity index (χ2n) is 8.05. The Morgan fingerprint density at radius 1 is 0.906 bits per heavy atom. The lowest BCUT2D eigenvalue weighted by atomic mass is 10.1. The van der Waals surface area contributed by atoms with Crippen LogP contribution in [-0.2, 0) is 20.0 Å². The molecule has 1 aromatic rings. The highest BCUT2D eigenvalue weighted by Crippen LogP contribution is 2.30. The first kappa shape index (κ1) is 24.9. The van der Waals surface area contributed by atoms with Crippen LogP contribution in [0.25, 0.3) is 0 Å². The molecule has 0 saturated carbocycles. The number of carbonyl (C=O) groups excluding carboxylic acids is 1. The molecule has 0 aromatic heterocycles. The molecule has 0 bridgehead atoms. The van der Waals surface area contributed by atoms with Crippen molar-refractivity contribution in [3.05, 3.63) is 23.8 Å². The molecule has 0 radical (unpaired) electrons. The van der Waals surface area contributed by atoms with Crippen molar-refractivity contribution >= 4 is 31.6 Å². The van der Waals surface area contributed by atoms with Gasteiger partial charge in [-0.2, -0.15) is 8.61 Å². The minimum absolute atomic E-state index is 0.0331. The molecule has 32 heavy (non-hydrogen) atoms. The lowest BCUT2D eigenvalue weighted by Crippen LogP contribution is -2.51. The van der Waals surface area contributed by atoms with E-state index in [0.29, 0.717) is 18.7 Å². The number of amides is 1. The van der Waals surface area contributed by atoms with E-state index in [4.69, 9.17) is 0 Å². The molecule has 11 heteroatoms. The van der Waals surface area contributed by atoms with Crippen molar-refractivity contribution in [1.29, 1.82) is 0 Å². The zero-order valence-corrected chi connectivity index (χ0v) is 20.8. The molecule has 0 atom stereocenters. The van der Waals surface area contributed by atoms with Gasteiger partial charge in [-0.3, -0.25) is 4.79 Å². The summed E-state index contributed by atoms with van der Waals surface area (Å²) in [7, 11) is -7.00. The Kier molecular flexibility index (Phi) is 7.85. The number of benzene rings is 1. The second-order valence-corrected chi connectivity index (χ2v) is 12.2. The van der Waals surface area contributed by atoms with Crippen LogP contribution in [0.3, 0.4) is 0 Å². The van der Waals surface area contributed by atoms with E-state index < -0.39 is 20.0 Å². The zero-order valence-electron chi connectivity index (χ0n) is 19.2. The highest BCUT2D eigenvalue weighted by molar-refractivity contribution is 7.89. The van der Waals surface area contributed by atoms with Gasteiger partial charge in [-0.25, -0.2) is 16.8 Å². The summed E-state index contributed by atoms with van der Waals surface area (Å²) in [4.78, 5) is 17.4. The summed E-state index contributed by atoms with van der Waals surface area (Å²) in [5.74, 6) is -0.220. The van der Waals surface area contributed by atoms with Gasteiger partial charge in [0.2, 0.25) is 20.0 Å². The predicted octanol–water partition coefficient (Wildman–Crippen LogP) is 1.42. The van der Waals surface area contributed by atoms with Crippen molar-refractivity contribution in [2.45, 2.75) is 38.5 Å². The Morgan fingerprint density at radius 3 is 2.03 bits per heavy atom. The monoisotopic (exact) mass is 486 g/mol. The fourth-order valence-electron chi connectivity index (χ4n) is 4.32. The van der Waals surface area contributed by atoms with E-state index >= 15 is 0 Å². The Bertz CT molecular complexity index is 1020. The fourth-order valence-corrected chi connectivity index (χ4v) is 6.89. The Hall–Kier alpha value is -1.69. The molecule has 2 saturated heterocycles. The topological polar surface area (TPSA) is 98.3 Å². The van der Waals surface area contributed by atoms with Crippen LogP contribution in [0.1, 0.15) is 44.0 Å². The van der Waals surface area contributed by atoms with Crippen molar-refractivity contribution in [2.24, 2.45) is 0 Å². The normalized spacial score (nSPS) is 18.5. The average molecular weight is 487 g/mol. The number of rotatable bonds is 8.